The Balaban J connectivity index is 0.0000194. The summed E-state index contributed by atoms with van der Waals surface area (Å²) in [5.41, 5.74) is -0.303. The zero-order valence-electron chi connectivity index (χ0n) is 31.0. The molecule has 1 aliphatic carbocycles. The van der Waals surface area contributed by atoms with Crippen LogP contribution >= 0.6 is 0 Å². The van der Waals surface area contributed by atoms with Gasteiger partial charge in [0.15, 0.2) is 6.54 Å². The van der Waals surface area contributed by atoms with Crippen LogP contribution in [0.5, 0.6) is 0 Å². The molecule has 1 rings (SSSR count). The highest BCUT2D eigenvalue weighted by Crippen LogP contribution is 2.38. The molecule has 268 valence electrons. The summed E-state index contributed by atoms with van der Waals surface area (Å²) in [6, 6.07) is 0. The van der Waals surface area contributed by atoms with E-state index in [0.29, 0.717) is 29.9 Å². The van der Waals surface area contributed by atoms with Crippen molar-refractivity contribution in [1.82, 2.24) is 5.32 Å². The SMILES string of the molecule is CCCCCCCCCCCCCCCCCCCCCC(=O)NCCC[N+](C)(C)CC(=O)OC1(C)CCC(C(C)C)CC1.[Cl-]. The number of nitrogens with zero attached hydrogens (tertiary/aromatic N) is 1. The van der Waals surface area contributed by atoms with Crippen LogP contribution < -0.4 is 17.7 Å². The van der Waals surface area contributed by atoms with Crippen LogP contribution in [-0.4, -0.2) is 55.7 Å². The molecule has 0 aromatic rings. The van der Waals surface area contributed by atoms with Gasteiger partial charge in [-0.15, -0.1) is 0 Å². The van der Waals surface area contributed by atoms with E-state index < -0.39 is 0 Å². The number of hydrogen-bond acceptors (Lipinski definition) is 3. The topological polar surface area (TPSA) is 55.4 Å². The number of amides is 1. The second kappa shape index (κ2) is 27.2. The maximum absolute atomic E-state index is 12.7. The summed E-state index contributed by atoms with van der Waals surface area (Å²) in [5, 5.41) is 3.09. The first-order valence-corrected chi connectivity index (χ1v) is 19.4. The fourth-order valence-electron chi connectivity index (χ4n) is 6.94. The van der Waals surface area contributed by atoms with Crippen molar-refractivity contribution >= 4 is 11.9 Å². The third kappa shape index (κ3) is 25.0. The molecule has 0 radical (unpaired) electrons. The first-order chi connectivity index (χ1) is 21.1. The number of esters is 1. The molecule has 5 nitrogen and oxygen atoms in total. The number of carbonyl (C=O) groups is 2. The highest BCUT2D eigenvalue weighted by Gasteiger charge is 2.36. The average molecular weight is 658 g/mol. The number of quaternary nitrogens is 1. The largest absolute Gasteiger partial charge is 1.00 e. The molecule has 0 atom stereocenters. The Morgan fingerprint density at radius 3 is 1.58 bits per heavy atom. The van der Waals surface area contributed by atoms with Gasteiger partial charge >= 0.3 is 5.97 Å². The van der Waals surface area contributed by atoms with Crippen LogP contribution in [0.15, 0.2) is 0 Å². The second-order valence-corrected chi connectivity index (χ2v) is 15.6. The predicted octanol–water partition coefficient (Wildman–Crippen LogP) is 7.54. The number of hydrogen-bond donors (Lipinski definition) is 1. The summed E-state index contributed by atoms with van der Waals surface area (Å²) in [7, 11) is 4.17. The molecule has 1 fully saturated rings. The summed E-state index contributed by atoms with van der Waals surface area (Å²) in [6.45, 7) is 10.9. The summed E-state index contributed by atoms with van der Waals surface area (Å²) in [4.78, 5) is 25.0. The van der Waals surface area contributed by atoms with Crippen molar-refractivity contribution in [3.63, 3.8) is 0 Å². The van der Waals surface area contributed by atoms with E-state index in [2.05, 4.69) is 47.1 Å². The van der Waals surface area contributed by atoms with Crippen LogP contribution in [0.2, 0.25) is 0 Å². The maximum Gasteiger partial charge on any atom is 0.362 e. The van der Waals surface area contributed by atoms with Gasteiger partial charge in [0, 0.05) is 19.4 Å². The van der Waals surface area contributed by atoms with Gasteiger partial charge in [0.1, 0.15) is 5.60 Å². The average Bonchev–Trinajstić information content (AvgIpc) is 2.96. The number of halogens is 1. The maximum atomic E-state index is 12.7. The van der Waals surface area contributed by atoms with Crippen molar-refractivity contribution in [2.24, 2.45) is 11.8 Å². The molecule has 1 N–H and O–H groups in total. The van der Waals surface area contributed by atoms with Gasteiger partial charge in [0.05, 0.1) is 20.6 Å². The Hall–Kier alpha value is -0.810. The van der Waals surface area contributed by atoms with Gasteiger partial charge in [-0.25, -0.2) is 4.79 Å². The molecular weight excluding hydrogens is 580 g/mol. The number of ether oxygens (including phenoxy) is 1. The summed E-state index contributed by atoms with van der Waals surface area (Å²) in [5.74, 6) is 1.55. The predicted molar refractivity (Wildman–Crippen MR) is 189 cm³/mol. The van der Waals surface area contributed by atoms with E-state index in [1.165, 1.54) is 109 Å². The Bertz CT molecular complexity index is 719. The van der Waals surface area contributed by atoms with Crippen molar-refractivity contribution < 1.29 is 31.2 Å². The van der Waals surface area contributed by atoms with Crippen LogP contribution in [0, 0.1) is 11.8 Å². The van der Waals surface area contributed by atoms with Crippen molar-refractivity contribution in [2.45, 2.75) is 194 Å². The molecule has 0 spiro atoms. The number of unbranched alkanes of at least 4 members (excludes halogenated alkanes) is 18. The lowest BCUT2D eigenvalue weighted by Gasteiger charge is -2.39. The van der Waals surface area contributed by atoms with Crippen LogP contribution in [0.25, 0.3) is 0 Å². The molecule has 0 aliphatic heterocycles. The monoisotopic (exact) mass is 657 g/mol. The summed E-state index contributed by atoms with van der Waals surface area (Å²) < 4.78 is 6.59. The Morgan fingerprint density at radius 2 is 1.16 bits per heavy atom. The van der Waals surface area contributed by atoms with Gasteiger partial charge in [-0.05, 0) is 50.9 Å². The minimum atomic E-state index is -0.303. The standard InChI is InChI=1S/C39H76N2O3.ClH/c1-7-8-9-10-11-12-13-14-15-16-17-18-19-20-21-22-23-24-25-27-37(42)40-32-26-33-41(5,6)34-38(43)44-39(4)30-28-36(29-31-39)35(2)3;/h35-36H,7-34H2,1-6H3;1H. The van der Waals surface area contributed by atoms with Crippen LogP contribution in [-0.2, 0) is 14.3 Å². The first-order valence-electron chi connectivity index (χ1n) is 19.4. The van der Waals surface area contributed by atoms with Crippen LogP contribution in [0.3, 0.4) is 0 Å². The first kappa shape index (κ1) is 44.2. The molecule has 0 aromatic carbocycles. The van der Waals surface area contributed by atoms with E-state index in [0.717, 1.165) is 57.4 Å². The lowest BCUT2D eigenvalue weighted by Crippen LogP contribution is -3.00. The lowest BCUT2D eigenvalue weighted by molar-refractivity contribution is -0.883. The third-order valence-corrected chi connectivity index (χ3v) is 10.2. The summed E-state index contributed by atoms with van der Waals surface area (Å²) in [6.07, 6.45) is 31.8. The lowest BCUT2D eigenvalue weighted by atomic mass is 9.75. The zero-order chi connectivity index (χ0) is 32.5. The van der Waals surface area contributed by atoms with E-state index in [1.54, 1.807) is 0 Å². The van der Waals surface area contributed by atoms with Gasteiger partial charge < -0.3 is 26.9 Å². The van der Waals surface area contributed by atoms with E-state index in [1.807, 2.05) is 0 Å². The molecule has 0 saturated heterocycles. The Morgan fingerprint density at radius 1 is 0.733 bits per heavy atom. The molecule has 0 unspecified atom stereocenters. The molecule has 6 heteroatoms. The number of nitrogens with one attached hydrogen (secondary N) is 1. The van der Waals surface area contributed by atoms with Crippen LogP contribution in [0.1, 0.15) is 188 Å². The quantitative estimate of drug-likeness (QED) is 0.0538. The molecule has 1 amide bonds. The molecule has 0 aromatic heterocycles. The smallest absolute Gasteiger partial charge is 0.362 e. The number of likely N-dealkylation sites (N-methyl/N-ethyl adjacent to an activating group) is 1. The van der Waals surface area contributed by atoms with E-state index >= 15 is 0 Å². The van der Waals surface area contributed by atoms with Gasteiger partial charge in [-0.3, -0.25) is 4.79 Å². The van der Waals surface area contributed by atoms with Gasteiger partial charge in [0.2, 0.25) is 5.91 Å². The highest BCUT2D eigenvalue weighted by molar-refractivity contribution is 5.75. The van der Waals surface area contributed by atoms with E-state index in [-0.39, 0.29) is 29.9 Å². The van der Waals surface area contributed by atoms with Gasteiger partial charge in [0.25, 0.3) is 0 Å². The van der Waals surface area contributed by atoms with E-state index in [4.69, 9.17) is 4.74 Å². The van der Waals surface area contributed by atoms with Crippen molar-refractivity contribution in [3.8, 4) is 0 Å². The fraction of sp³-hybridized carbons (Fsp3) is 0.949. The van der Waals surface area contributed by atoms with Crippen LogP contribution in [0.4, 0.5) is 0 Å². The van der Waals surface area contributed by atoms with Crippen molar-refractivity contribution in [1.29, 1.82) is 0 Å². The number of carbonyl (C=O) groups excluding carboxylic acids is 2. The Kier molecular flexibility index (Phi) is 26.7. The minimum absolute atomic E-state index is 0. The van der Waals surface area contributed by atoms with Crippen molar-refractivity contribution in [2.75, 3.05) is 33.7 Å². The second-order valence-electron chi connectivity index (χ2n) is 15.6. The van der Waals surface area contributed by atoms with Crippen molar-refractivity contribution in [3.05, 3.63) is 0 Å². The molecule has 45 heavy (non-hydrogen) atoms. The number of rotatable bonds is 28. The fourth-order valence-corrected chi connectivity index (χ4v) is 6.94. The molecule has 0 bridgehead atoms. The highest BCUT2D eigenvalue weighted by atomic mass is 35.5. The van der Waals surface area contributed by atoms with E-state index in [9.17, 15) is 9.59 Å². The zero-order valence-corrected chi connectivity index (χ0v) is 31.8. The van der Waals surface area contributed by atoms with Gasteiger partial charge in [-0.1, -0.05) is 136 Å². The molecule has 1 aliphatic rings. The van der Waals surface area contributed by atoms with Gasteiger partial charge in [-0.2, -0.15) is 0 Å². The third-order valence-electron chi connectivity index (χ3n) is 10.2. The Labute approximate surface area is 287 Å². The molecular formula is C39H77ClN2O3. The summed E-state index contributed by atoms with van der Waals surface area (Å²) >= 11 is 0. The molecule has 1 saturated carbocycles. The normalized spacial score (nSPS) is 18.5. The minimum Gasteiger partial charge on any atom is -1.00 e. The molecule has 0 heterocycles.